The van der Waals surface area contributed by atoms with Crippen LogP contribution in [-0.2, 0) is 0 Å². The van der Waals surface area contributed by atoms with E-state index < -0.39 is 7.26 Å². The van der Waals surface area contributed by atoms with Gasteiger partial charge in [0.25, 0.3) is 0 Å². The summed E-state index contributed by atoms with van der Waals surface area (Å²) < 4.78 is 0. The van der Waals surface area contributed by atoms with Gasteiger partial charge in [0.15, 0.2) is 0 Å². The zero-order valence-corrected chi connectivity index (χ0v) is 18.2. The van der Waals surface area contributed by atoms with Crippen LogP contribution < -0.4 is 15.9 Å². The Morgan fingerprint density at radius 2 is 0.826 bits per heavy atom. The molecule has 23 heavy (non-hydrogen) atoms. The van der Waals surface area contributed by atoms with Crippen molar-refractivity contribution in [1.29, 1.82) is 0 Å². The van der Waals surface area contributed by atoms with Gasteiger partial charge in [0.1, 0.15) is 0 Å². The largest absolute Gasteiger partial charge is 0.153 e. The molecule has 3 aromatic rings. The molecule has 0 radical (unpaired) electrons. The van der Waals surface area contributed by atoms with Gasteiger partial charge in [-0.15, -0.1) is 24.0 Å². The molecule has 0 spiro atoms. The summed E-state index contributed by atoms with van der Waals surface area (Å²) in [6.45, 7) is 2.33. The van der Waals surface area contributed by atoms with Crippen molar-refractivity contribution in [2.45, 2.75) is 6.92 Å². The molecule has 0 saturated carbocycles. The van der Waals surface area contributed by atoms with Crippen LogP contribution in [0.2, 0.25) is 0 Å². The van der Waals surface area contributed by atoms with Crippen molar-refractivity contribution in [2.24, 2.45) is 0 Å². The maximum atomic E-state index is 2.33. The third-order valence-electron chi connectivity index (χ3n) is 4.33. The zero-order chi connectivity index (χ0) is 14.5. The fourth-order valence-electron chi connectivity index (χ4n) is 3.28. The van der Waals surface area contributed by atoms with Crippen LogP contribution in [0.15, 0.2) is 91.0 Å². The van der Waals surface area contributed by atoms with Gasteiger partial charge in [0.2, 0.25) is 0 Å². The maximum Gasteiger partial charge on any atom is -0.107 e. The Morgan fingerprint density at radius 3 is 1.04 bits per heavy atom. The zero-order valence-electron chi connectivity index (χ0n) is 13.5. The van der Waals surface area contributed by atoms with Crippen LogP contribution in [0.1, 0.15) is 6.92 Å². The summed E-state index contributed by atoms with van der Waals surface area (Å²) in [5, 5.41) is 4.47. The summed E-state index contributed by atoms with van der Waals surface area (Å²) in [6, 6.07) is 33.1. The van der Waals surface area contributed by atoms with Gasteiger partial charge in [-0.25, -0.2) is 0 Å². The topological polar surface area (TPSA) is 0 Å². The van der Waals surface area contributed by atoms with Gasteiger partial charge >= 0.3 is 127 Å². The second-order valence-electron chi connectivity index (χ2n) is 5.36. The van der Waals surface area contributed by atoms with Crippen molar-refractivity contribution in [3.8, 4) is 0 Å². The van der Waals surface area contributed by atoms with E-state index in [1.54, 1.807) is 0 Å². The summed E-state index contributed by atoms with van der Waals surface area (Å²) in [4.78, 5) is 0. The van der Waals surface area contributed by atoms with Gasteiger partial charge in [-0.3, -0.25) is 0 Å². The molecule has 0 nitrogen and oxygen atoms in total. The molecule has 1 unspecified atom stereocenters. The first-order valence-electron chi connectivity index (χ1n) is 7.54. The normalized spacial score (nSPS) is 11.0. The molecule has 0 saturated heterocycles. The van der Waals surface area contributed by atoms with Crippen molar-refractivity contribution >= 4 is 57.1 Å². The SMILES string of the molecule is CC[PH](c1ccccc1)(c1ccccc1)c1ccccc1.I.P. The van der Waals surface area contributed by atoms with Gasteiger partial charge in [0.05, 0.1) is 0 Å². The third-order valence-corrected chi connectivity index (χ3v) is 9.35. The van der Waals surface area contributed by atoms with Gasteiger partial charge < -0.3 is 0 Å². The molecule has 122 valence electrons. The molecule has 0 heterocycles. The van der Waals surface area contributed by atoms with Crippen molar-refractivity contribution in [2.75, 3.05) is 6.16 Å². The van der Waals surface area contributed by atoms with E-state index in [1.807, 2.05) is 0 Å². The Kier molecular flexibility index (Phi) is 8.40. The Labute approximate surface area is 160 Å². The first kappa shape index (κ1) is 20.3. The van der Waals surface area contributed by atoms with Gasteiger partial charge in [0, 0.05) is 0 Å². The van der Waals surface area contributed by atoms with Crippen molar-refractivity contribution < 1.29 is 0 Å². The molecular weight excluding hydrogens is 429 g/mol. The molecule has 3 aromatic carbocycles. The summed E-state index contributed by atoms with van der Waals surface area (Å²) >= 11 is 0. The maximum absolute atomic E-state index is 2.33. The van der Waals surface area contributed by atoms with Gasteiger partial charge in [-0.05, 0) is 0 Å². The number of hydrogen-bond donors (Lipinski definition) is 0. The number of rotatable bonds is 4. The first-order chi connectivity index (χ1) is 10.4. The predicted octanol–water partition coefficient (Wildman–Crippen LogP) is 4.41. The minimum absolute atomic E-state index is 0. The average Bonchev–Trinajstić information content (AvgIpc) is 2.59. The van der Waals surface area contributed by atoms with Gasteiger partial charge in [-0.2, -0.15) is 9.90 Å². The van der Waals surface area contributed by atoms with E-state index in [9.17, 15) is 0 Å². The molecule has 3 heteroatoms. The Hall–Kier alpha value is -0.750. The van der Waals surface area contributed by atoms with E-state index in [4.69, 9.17) is 0 Å². The third kappa shape index (κ3) is 4.02. The fourth-order valence-corrected chi connectivity index (χ4v) is 7.79. The van der Waals surface area contributed by atoms with E-state index in [-0.39, 0.29) is 33.9 Å². The Balaban J connectivity index is 0.00000132. The van der Waals surface area contributed by atoms with Crippen LogP contribution in [-0.4, -0.2) is 6.16 Å². The standard InChI is InChI=1S/C20H21P.HI.H3P/c1-2-21(18-12-6-3-7-13-18,19-14-8-4-9-15-19)20-16-10-5-11-17-20;;/h3-17,21H,2H2,1H3;1H;1H3. The molecule has 0 aliphatic heterocycles. The summed E-state index contributed by atoms with van der Waals surface area (Å²) in [7, 11) is -1.90. The minimum atomic E-state index is -1.90. The smallest absolute Gasteiger partial charge is 0.107 e. The van der Waals surface area contributed by atoms with Crippen LogP contribution in [0.3, 0.4) is 0 Å². The molecular formula is C20H25IP2. The number of benzene rings is 3. The Bertz CT molecular complexity index is 588. The molecule has 0 fully saturated rings. The number of halogens is 1. The van der Waals surface area contributed by atoms with Crippen LogP contribution >= 0.6 is 41.1 Å². The molecule has 0 aromatic heterocycles. The summed E-state index contributed by atoms with van der Waals surface area (Å²) in [5.41, 5.74) is 0. The van der Waals surface area contributed by atoms with E-state index in [0.717, 1.165) is 0 Å². The van der Waals surface area contributed by atoms with Gasteiger partial charge in [-0.1, -0.05) is 0 Å². The molecule has 3 rings (SSSR count). The second-order valence-corrected chi connectivity index (χ2v) is 9.61. The fraction of sp³-hybridized carbons (Fsp3) is 0.100. The van der Waals surface area contributed by atoms with Crippen molar-refractivity contribution in [1.82, 2.24) is 0 Å². The van der Waals surface area contributed by atoms with E-state index in [0.29, 0.717) is 0 Å². The van der Waals surface area contributed by atoms with Crippen molar-refractivity contribution in [3.63, 3.8) is 0 Å². The van der Waals surface area contributed by atoms with Crippen LogP contribution in [0, 0.1) is 0 Å². The second kappa shape index (κ2) is 9.52. The predicted molar refractivity (Wildman–Crippen MR) is 124 cm³/mol. The van der Waals surface area contributed by atoms with E-state index >= 15 is 0 Å². The molecule has 0 amide bonds. The van der Waals surface area contributed by atoms with E-state index in [1.165, 1.54) is 22.1 Å². The molecule has 0 aliphatic rings. The number of hydrogen-bond acceptors (Lipinski definition) is 0. The molecule has 0 bridgehead atoms. The summed E-state index contributed by atoms with van der Waals surface area (Å²) in [6.07, 6.45) is 1.17. The van der Waals surface area contributed by atoms with Crippen LogP contribution in [0.25, 0.3) is 0 Å². The average molecular weight is 454 g/mol. The molecule has 0 aliphatic carbocycles. The molecule has 1 atom stereocenters. The van der Waals surface area contributed by atoms with Crippen LogP contribution in [0.4, 0.5) is 0 Å². The van der Waals surface area contributed by atoms with Crippen molar-refractivity contribution in [3.05, 3.63) is 91.0 Å². The van der Waals surface area contributed by atoms with E-state index in [2.05, 4.69) is 97.9 Å². The summed E-state index contributed by atoms with van der Waals surface area (Å²) in [5.74, 6) is 0. The minimum Gasteiger partial charge on any atom is -0.153 e. The molecule has 0 N–H and O–H groups in total. The van der Waals surface area contributed by atoms with Crippen LogP contribution in [0.5, 0.6) is 0 Å². The quantitative estimate of drug-likeness (QED) is 0.405. The monoisotopic (exact) mass is 454 g/mol. The Morgan fingerprint density at radius 1 is 0.565 bits per heavy atom. The first-order valence-corrected chi connectivity index (χ1v) is 9.75.